The minimum absolute atomic E-state index is 0.131. The van der Waals surface area contributed by atoms with Crippen LogP contribution in [0.15, 0.2) is 17.0 Å². The monoisotopic (exact) mass is 309 g/mol. The Kier molecular flexibility index (Phi) is 4.22. The molecule has 1 N–H and O–H groups in total. The summed E-state index contributed by atoms with van der Waals surface area (Å²) in [5.41, 5.74) is 1.10. The third-order valence-corrected chi connectivity index (χ3v) is 6.35. The van der Waals surface area contributed by atoms with Crippen LogP contribution in [0.5, 0.6) is 11.5 Å². The van der Waals surface area contributed by atoms with E-state index in [4.69, 9.17) is 9.47 Å². The number of rotatable bonds is 2. The zero-order valence-electron chi connectivity index (χ0n) is 12.8. The lowest BCUT2D eigenvalue weighted by Gasteiger charge is -2.36. The standard InChI is InChI=1S/C16H23NO3S/c1-4-17-16-10(2)11(3)21(18)15-9-14-13(8-12(15)16)19-6-5-7-20-14/h8-11,16-17H,4-7H2,1-3H3. The van der Waals surface area contributed by atoms with Crippen molar-refractivity contribution in [3.63, 3.8) is 0 Å². The summed E-state index contributed by atoms with van der Waals surface area (Å²) in [6.45, 7) is 8.56. The zero-order chi connectivity index (χ0) is 15.0. The molecule has 21 heavy (non-hydrogen) atoms. The largest absolute Gasteiger partial charge is 0.490 e. The summed E-state index contributed by atoms with van der Waals surface area (Å²) in [6.07, 6.45) is 0.881. The molecule has 2 aliphatic heterocycles. The number of ether oxygens (including phenoxy) is 2. The van der Waals surface area contributed by atoms with Crippen molar-refractivity contribution in [2.75, 3.05) is 19.8 Å². The summed E-state index contributed by atoms with van der Waals surface area (Å²) in [5, 5.41) is 3.66. The molecule has 2 heterocycles. The Balaban J connectivity index is 2.10. The van der Waals surface area contributed by atoms with Crippen LogP contribution in [0.1, 0.15) is 38.8 Å². The van der Waals surface area contributed by atoms with Gasteiger partial charge in [-0.15, -0.1) is 0 Å². The lowest BCUT2D eigenvalue weighted by atomic mass is 9.91. The number of hydrogen-bond acceptors (Lipinski definition) is 4. The average Bonchev–Trinajstić information content (AvgIpc) is 2.72. The molecule has 5 heteroatoms. The van der Waals surface area contributed by atoms with Gasteiger partial charge in [0.15, 0.2) is 11.5 Å². The fraction of sp³-hybridized carbons (Fsp3) is 0.625. The van der Waals surface area contributed by atoms with Gasteiger partial charge in [-0.3, -0.25) is 4.21 Å². The maximum atomic E-state index is 12.7. The van der Waals surface area contributed by atoms with E-state index < -0.39 is 10.8 Å². The van der Waals surface area contributed by atoms with E-state index in [2.05, 4.69) is 26.1 Å². The van der Waals surface area contributed by atoms with Crippen LogP contribution in [0.2, 0.25) is 0 Å². The third-order valence-electron chi connectivity index (χ3n) is 4.46. The second kappa shape index (κ2) is 5.97. The number of benzene rings is 1. The van der Waals surface area contributed by atoms with Gasteiger partial charge in [-0.2, -0.15) is 0 Å². The summed E-state index contributed by atoms with van der Waals surface area (Å²) >= 11 is 0. The molecule has 1 aromatic rings. The van der Waals surface area contributed by atoms with Crippen molar-refractivity contribution in [1.29, 1.82) is 0 Å². The first kappa shape index (κ1) is 14.9. The number of nitrogens with one attached hydrogen (secondary N) is 1. The molecule has 4 unspecified atom stereocenters. The maximum absolute atomic E-state index is 12.7. The summed E-state index contributed by atoms with van der Waals surface area (Å²) in [6, 6.07) is 4.18. The Morgan fingerprint density at radius 1 is 1.24 bits per heavy atom. The molecule has 3 rings (SSSR count). The highest BCUT2D eigenvalue weighted by molar-refractivity contribution is 7.85. The molecule has 0 amide bonds. The molecule has 4 atom stereocenters. The Bertz CT molecular complexity index is 561. The average molecular weight is 309 g/mol. The van der Waals surface area contributed by atoms with Crippen molar-refractivity contribution in [3.05, 3.63) is 17.7 Å². The smallest absolute Gasteiger partial charge is 0.162 e. The minimum Gasteiger partial charge on any atom is -0.490 e. The first-order valence-corrected chi connectivity index (χ1v) is 8.92. The van der Waals surface area contributed by atoms with Crippen LogP contribution in [0, 0.1) is 5.92 Å². The van der Waals surface area contributed by atoms with Gasteiger partial charge in [0.05, 0.1) is 24.0 Å². The first-order chi connectivity index (χ1) is 10.1. The molecule has 0 saturated heterocycles. The van der Waals surface area contributed by atoms with Crippen molar-refractivity contribution < 1.29 is 13.7 Å². The summed E-state index contributed by atoms with van der Waals surface area (Å²) in [4.78, 5) is 0.899. The topological polar surface area (TPSA) is 47.6 Å². The van der Waals surface area contributed by atoms with E-state index in [1.807, 2.05) is 12.1 Å². The van der Waals surface area contributed by atoms with Crippen molar-refractivity contribution in [2.45, 2.75) is 43.4 Å². The molecule has 116 valence electrons. The molecule has 0 fully saturated rings. The number of hydrogen-bond donors (Lipinski definition) is 1. The molecular formula is C16H23NO3S. The van der Waals surface area contributed by atoms with Crippen molar-refractivity contribution in [1.82, 2.24) is 5.32 Å². The van der Waals surface area contributed by atoms with Gasteiger partial charge >= 0.3 is 0 Å². The van der Waals surface area contributed by atoms with Crippen LogP contribution in [-0.2, 0) is 10.8 Å². The van der Waals surface area contributed by atoms with Crippen LogP contribution in [0.25, 0.3) is 0 Å². The van der Waals surface area contributed by atoms with Crippen LogP contribution in [0.4, 0.5) is 0 Å². The predicted octanol–water partition coefficient (Wildman–Crippen LogP) is 2.64. The summed E-state index contributed by atoms with van der Waals surface area (Å²) < 4.78 is 24.3. The van der Waals surface area contributed by atoms with E-state index in [9.17, 15) is 4.21 Å². The van der Waals surface area contributed by atoms with Gasteiger partial charge in [0, 0.05) is 28.7 Å². The SMILES string of the molecule is CCNC1c2cc3c(cc2S(=O)C(C)C1C)OCCCO3. The number of fused-ring (bicyclic) bond motifs is 2. The normalized spacial score (nSPS) is 31.4. The summed E-state index contributed by atoms with van der Waals surface area (Å²) in [7, 11) is -0.994. The van der Waals surface area contributed by atoms with Gasteiger partial charge in [-0.05, 0) is 24.1 Å². The highest BCUT2D eigenvalue weighted by Gasteiger charge is 2.37. The molecule has 1 aromatic carbocycles. The lowest BCUT2D eigenvalue weighted by molar-refractivity contribution is 0.296. The molecule has 0 aliphatic carbocycles. The van der Waals surface area contributed by atoms with Gasteiger partial charge in [0.25, 0.3) is 0 Å². The van der Waals surface area contributed by atoms with Crippen molar-refractivity contribution >= 4 is 10.8 Å². The molecule has 0 aromatic heterocycles. The van der Waals surface area contributed by atoms with Crippen LogP contribution in [0.3, 0.4) is 0 Å². The molecule has 0 saturated carbocycles. The third kappa shape index (κ3) is 2.57. The molecule has 0 bridgehead atoms. The van der Waals surface area contributed by atoms with Gasteiger partial charge in [0.2, 0.25) is 0 Å². The fourth-order valence-corrected chi connectivity index (χ4v) is 4.68. The molecule has 0 spiro atoms. The van der Waals surface area contributed by atoms with Gasteiger partial charge in [-0.1, -0.05) is 20.8 Å². The van der Waals surface area contributed by atoms with E-state index in [1.54, 1.807) is 0 Å². The van der Waals surface area contributed by atoms with Crippen molar-refractivity contribution in [2.24, 2.45) is 5.92 Å². The first-order valence-electron chi connectivity index (χ1n) is 7.71. The highest BCUT2D eigenvalue weighted by atomic mass is 32.2. The maximum Gasteiger partial charge on any atom is 0.162 e. The zero-order valence-corrected chi connectivity index (χ0v) is 13.7. The molecular weight excluding hydrogens is 286 g/mol. The van der Waals surface area contributed by atoms with Gasteiger partial charge in [0.1, 0.15) is 0 Å². The second-order valence-corrected chi connectivity index (χ2v) is 7.56. The minimum atomic E-state index is -0.994. The van der Waals surface area contributed by atoms with Gasteiger partial charge < -0.3 is 14.8 Å². The highest BCUT2D eigenvalue weighted by Crippen LogP contribution is 2.43. The molecule has 0 radical (unpaired) electrons. The lowest BCUT2D eigenvalue weighted by Crippen LogP contribution is -2.39. The van der Waals surface area contributed by atoms with E-state index >= 15 is 0 Å². The van der Waals surface area contributed by atoms with Crippen LogP contribution < -0.4 is 14.8 Å². The quantitative estimate of drug-likeness (QED) is 0.912. The predicted molar refractivity (Wildman–Crippen MR) is 83.5 cm³/mol. The van der Waals surface area contributed by atoms with Gasteiger partial charge in [-0.25, -0.2) is 0 Å². The van der Waals surface area contributed by atoms with E-state index in [1.165, 1.54) is 0 Å². The van der Waals surface area contributed by atoms with E-state index in [-0.39, 0.29) is 11.3 Å². The fourth-order valence-electron chi connectivity index (χ4n) is 3.09. The molecule has 4 nitrogen and oxygen atoms in total. The van der Waals surface area contributed by atoms with E-state index in [0.29, 0.717) is 19.1 Å². The van der Waals surface area contributed by atoms with E-state index in [0.717, 1.165) is 34.9 Å². The molecule has 2 aliphatic rings. The Hall–Kier alpha value is -1.07. The Morgan fingerprint density at radius 3 is 2.57 bits per heavy atom. The second-order valence-electron chi connectivity index (χ2n) is 5.78. The Labute approximate surface area is 128 Å². The van der Waals surface area contributed by atoms with Crippen molar-refractivity contribution in [3.8, 4) is 11.5 Å². The Morgan fingerprint density at radius 2 is 1.90 bits per heavy atom. The van der Waals surface area contributed by atoms with Crippen LogP contribution in [-0.4, -0.2) is 29.2 Å². The summed E-state index contributed by atoms with van der Waals surface area (Å²) in [5.74, 6) is 1.84. The van der Waals surface area contributed by atoms with Crippen LogP contribution >= 0.6 is 0 Å².